The van der Waals surface area contributed by atoms with E-state index in [9.17, 15) is 4.79 Å². The average Bonchev–Trinajstić information content (AvgIpc) is 2.54. The van der Waals surface area contributed by atoms with Gasteiger partial charge in [-0.25, -0.2) is 0 Å². The maximum atomic E-state index is 9.44. The van der Waals surface area contributed by atoms with Crippen LogP contribution in [0.15, 0.2) is 48.8 Å². The van der Waals surface area contributed by atoms with Gasteiger partial charge in [-0.05, 0) is 25.5 Å². The van der Waals surface area contributed by atoms with Crippen molar-refractivity contribution in [2.45, 2.75) is 20.5 Å². The van der Waals surface area contributed by atoms with Crippen molar-refractivity contribution in [2.24, 2.45) is 0 Å². The van der Waals surface area contributed by atoms with Crippen molar-refractivity contribution < 1.29 is 14.3 Å². The molecule has 0 aliphatic rings. The second kappa shape index (κ2) is 10.6. The molecular formula is C17H21NO3. The minimum Gasteiger partial charge on any atom is -0.489 e. The van der Waals surface area contributed by atoms with Crippen LogP contribution in [0.2, 0.25) is 0 Å². The van der Waals surface area contributed by atoms with Crippen LogP contribution in [-0.2, 0) is 16.1 Å². The van der Waals surface area contributed by atoms with Crippen molar-refractivity contribution in [3.05, 3.63) is 59.9 Å². The molecule has 1 aromatic heterocycles. The Labute approximate surface area is 125 Å². The van der Waals surface area contributed by atoms with E-state index in [1.54, 1.807) is 12.4 Å². The average molecular weight is 287 g/mol. The molecule has 2 aromatic rings. The molecule has 4 heteroatoms. The molecule has 0 atom stereocenters. The van der Waals surface area contributed by atoms with Crippen molar-refractivity contribution in [1.29, 1.82) is 0 Å². The lowest BCUT2D eigenvalue weighted by molar-refractivity contribution is -0.111. The quantitative estimate of drug-likeness (QED) is 0.605. The third-order valence-electron chi connectivity index (χ3n) is 2.60. The summed E-state index contributed by atoms with van der Waals surface area (Å²) in [4.78, 5) is 13.5. The van der Waals surface area contributed by atoms with Gasteiger partial charge < -0.3 is 14.3 Å². The summed E-state index contributed by atoms with van der Waals surface area (Å²) in [6, 6.07) is 12.0. The number of carbonyl (C=O) groups excluding carboxylic acids is 1. The highest BCUT2D eigenvalue weighted by Gasteiger charge is 1.98. The Morgan fingerprint density at radius 3 is 2.52 bits per heavy atom. The second-order valence-corrected chi connectivity index (χ2v) is 4.24. The molecule has 0 aliphatic carbocycles. The second-order valence-electron chi connectivity index (χ2n) is 4.24. The van der Waals surface area contributed by atoms with Gasteiger partial charge in [0, 0.05) is 24.6 Å². The van der Waals surface area contributed by atoms with E-state index in [1.165, 1.54) is 5.56 Å². The Kier molecular flexibility index (Phi) is 8.48. The summed E-state index contributed by atoms with van der Waals surface area (Å²) in [6.07, 6.45) is 4.29. The molecule has 4 nitrogen and oxygen atoms in total. The van der Waals surface area contributed by atoms with E-state index in [1.807, 2.05) is 38.1 Å². The highest BCUT2D eigenvalue weighted by Crippen LogP contribution is 2.16. The van der Waals surface area contributed by atoms with E-state index in [4.69, 9.17) is 4.74 Å². The molecule has 1 heterocycles. The Balaban J connectivity index is 0.000000315. The molecule has 0 saturated heterocycles. The smallest absolute Gasteiger partial charge is 0.145 e. The molecule has 0 fully saturated rings. The number of aromatic nitrogens is 1. The third kappa shape index (κ3) is 7.22. The number of carbonyl (C=O) groups is 1. The molecule has 21 heavy (non-hydrogen) atoms. The van der Waals surface area contributed by atoms with Crippen LogP contribution in [0.1, 0.15) is 18.1 Å². The largest absolute Gasteiger partial charge is 0.489 e. The van der Waals surface area contributed by atoms with Crippen LogP contribution in [0.3, 0.4) is 0 Å². The van der Waals surface area contributed by atoms with Gasteiger partial charge in [-0.2, -0.15) is 0 Å². The van der Waals surface area contributed by atoms with Crippen LogP contribution in [0.25, 0.3) is 0 Å². The molecule has 0 N–H and O–H groups in total. The predicted octanol–water partition coefficient (Wildman–Crippen LogP) is 3.19. The first-order valence-electron chi connectivity index (χ1n) is 6.86. The van der Waals surface area contributed by atoms with Crippen molar-refractivity contribution in [3.8, 4) is 5.75 Å². The van der Waals surface area contributed by atoms with E-state index >= 15 is 0 Å². The fourth-order valence-electron chi connectivity index (χ4n) is 1.52. The summed E-state index contributed by atoms with van der Waals surface area (Å²) in [5, 5.41) is 0. The van der Waals surface area contributed by atoms with E-state index in [0.29, 0.717) is 13.2 Å². The van der Waals surface area contributed by atoms with Gasteiger partial charge in [0.05, 0.1) is 0 Å². The maximum Gasteiger partial charge on any atom is 0.145 e. The van der Waals surface area contributed by atoms with E-state index < -0.39 is 0 Å². The van der Waals surface area contributed by atoms with Crippen LogP contribution in [0.4, 0.5) is 0 Å². The SMILES string of the molecule is CCOCC=O.Cc1cnccc1OCc1ccccc1. The first-order valence-corrected chi connectivity index (χ1v) is 6.86. The van der Waals surface area contributed by atoms with Crippen molar-refractivity contribution in [1.82, 2.24) is 4.98 Å². The molecule has 112 valence electrons. The highest BCUT2D eigenvalue weighted by atomic mass is 16.5. The van der Waals surface area contributed by atoms with E-state index in [0.717, 1.165) is 17.6 Å². The van der Waals surface area contributed by atoms with Gasteiger partial charge in [0.25, 0.3) is 0 Å². The summed E-state index contributed by atoms with van der Waals surface area (Å²) in [6.45, 7) is 5.30. The molecular weight excluding hydrogens is 266 g/mol. The number of pyridine rings is 1. The van der Waals surface area contributed by atoms with Gasteiger partial charge in [-0.1, -0.05) is 30.3 Å². The molecule has 0 aliphatic heterocycles. The lowest BCUT2D eigenvalue weighted by Gasteiger charge is -2.07. The molecule has 0 spiro atoms. The zero-order valence-electron chi connectivity index (χ0n) is 12.5. The number of hydrogen-bond acceptors (Lipinski definition) is 4. The first kappa shape index (κ1) is 16.9. The third-order valence-corrected chi connectivity index (χ3v) is 2.60. The van der Waals surface area contributed by atoms with Crippen molar-refractivity contribution >= 4 is 6.29 Å². The zero-order chi connectivity index (χ0) is 15.3. The number of ether oxygens (including phenoxy) is 2. The Hall–Kier alpha value is -2.20. The molecule has 0 amide bonds. The molecule has 2 rings (SSSR count). The van der Waals surface area contributed by atoms with Gasteiger partial charge >= 0.3 is 0 Å². The summed E-state index contributed by atoms with van der Waals surface area (Å²) < 4.78 is 10.3. The summed E-state index contributed by atoms with van der Waals surface area (Å²) in [5.74, 6) is 0.897. The summed E-state index contributed by atoms with van der Waals surface area (Å²) in [5.41, 5.74) is 2.24. The maximum absolute atomic E-state index is 9.44. The number of aldehydes is 1. The number of rotatable bonds is 6. The minimum atomic E-state index is 0.233. The van der Waals surface area contributed by atoms with Crippen LogP contribution < -0.4 is 4.74 Å². The fraction of sp³-hybridized carbons (Fsp3) is 0.294. The number of benzene rings is 1. The van der Waals surface area contributed by atoms with Crippen molar-refractivity contribution in [2.75, 3.05) is 13.2 Å². The molecule has 0 bridgehead atoms. The van der Waals surface area contributed by atoms with Gasteiger partial charge in [0.15, 0.2) is 0 Å². The van der Waals surface area contributed by atoms with E-state index in [-0.39, 0.29) is 6.61 Å². The minimum absolute atomic E-state index is 0.233. The normalized spacial score (nSPS) is 9.43. The number of aryl methyl sites for hydroxylation is 1. The zero-order valence-corrected chi connectivity index (χ0v) is 12.5. The summed E-state index contributed by atoms with van der Waals surface area (Å²) >= 11 is 0. The summed E-state index contributed by atoms with van der Waals surface area (Å²) in [7, 11) is 0. The van der Waals surface area contributed by atoms with Crippen LogP contribution >= 0.6 is 0 Å². The fourth-order valence-corrected chi connectivity index (χ4v) is 1.52. The highest BCUT2D eigenvalue weighted by molar-refractivity contribution is 5.50. The van der Waals surface area contributed by atoms with Gasteiger partial charge in [0.1, 0.15) is 25.2 Å². The van der Waals surface area contributed by atoms with Crippen LogP contribution in [0, 0.1) is 6.92 Å². The molecule has 0 unspecified atom stereocenters. The molecule has 0 saturated carbocycles. The first-order chi connectivity index (χ1) is 10.3. The van der Waals surface area contributed by atoms with Crippen molar-refractivity contribution in [3.63, 3.8) is 0 Å². The van der Waals surface area contributed by atoms with Crippen LogP contribution in [-0.4, -0.2) is 24.5 Å². The molecule has 0 radical (unpaired) electrons. The topological polar surface area (TPSA) is 48.4 Å². The van der Waals surface area contributed by atoms with Crippen LogP contribution in [0.5, 0.6) is 5.75 Å². The monoisotopic (exact) mass is 287 g/mol. The predicted molar refractivity (Wildman–Crippen MR) is 82.3 cm³/mol. The van der Waals surface area contributed by atoms with Gasteiger partial charge in [-0.15, -0.1) is 0 Å². The van der Waals surface area contributed by atoms with Gasteiger partial charge in [0.2, 0.25) is 0 Å². The van der Waals surface area contributed by atoms with E-state index in [2.05, 4.69) is 21.9 Å². The lowest BCUT2D eigenvalue weighted by atomic mass is 10.2. The molecule has 1 aromatic carbocycles. The van der Waals surface area contributed by atoms with Gasteiger partial charge in [-0.3, -0.25) is 4.98 Å². The Morgan fingerprint density at radius 2 is 1.95 bits per heavy atom. The Morgan fingerprint density at radius 1 is 1.19 bits per heavy atom. The number of hydrogen-bond donors (Lipinski definition) is 0. The standard InChI is InChI=1S/C13H13NO.C4H8O2/c1-11-9-14-8-7-13(11)15-10-12-5-3-2-4-6-12;1-2-6-4-3-5/h2-9H,10H2,1H3;3H,2,4H2,1H3. The lowest BCUT2D eigenvalue weighted by Crippen LogP contribution is -1.96. The Bertz CT molecular complexity index is 514. The number of nitrogens with zero attached hydrogens (tertiary/aromatic N) is 1.